The van der Waals surface area contributed by atoms with Crippen molar-refractivity contribution in [3.05, 3.63) is 70.5 Å². The molecule has 18 heavy (non-hydrogen) atoms. The van der Waals surface area contributed by atoms with Crippen LogP contribution in [0.1, 0.15) is 24.1 Å². The predicted molar refractivity (Wildman–Crippen MR) is 73.1 cm³/mol. The minimum atomic E-state index is -0.173. The summed E-state index contributed by atoms with van der Waals surface area (Å²) in [5, 5.41) is 4.01. The van der Waals surface area contributed by atoms with Gasteiger partial charge in [0.2, 0.25) is 0 Å². The molecule has 0 aliphatic rings. The fraction of sp³-hybridized carbons (Fsp3) is 0.200. The molecule has 3 heteroatoms. The van der Waals surface area contributed by atoms with E-state index in [0.717, 1.165) is 10.6 Å². The molecule has 1 unspecified atom stereocenters. The van der Waals surface area contributed by atoms with Gasteiger partial charge in [-0.1, -0.05) is 41.9 Å². The summed E-state index contributed by atoms with van der Waals surface area (Å²) in [7, 11) is 0. The summed E-state index contributed by atoms with van der Waals surface area (Å²) < 4.78 is 13.4. The number of hydrogen-bond donors (Lipinski definition) is 1. The van der Waals surface area contributed by atoms with Crippen LogP contribution >= 0.6 is 11.6 Å². The molecule has 0 amide bonds. The van der Waals surface area contributed by atoms with Gasteiger partial charge in [-0.2, -0.15) is 0 Å². The van der Waals surface area contributed by atoms with E-state index in [-0.39, 0.29) is 11.9 Å². The molecule has 2 rings (SSSR count). The first-order valence-electron chi connectivity index (χ1n) is 5.89. The maximum Gasteiger partial charge on any atom is 0.127 e. The third-order valence-electron chi connectivity index (χ3n) is 2.93. The van der Waals surface area contributed by atoms with Crippen LogP contribution < -0.4 is 5.32 Å². The topological polar surface area (TPSA) is 12.0 Å². The minimum Gasteiger partial charge on any atom is -0.306 e. The van der Waals surface area contributed by atoms with Crippen LogP contribution in [0.5, 0.6) is 0 Å². The maximum atomic E-state index is 13.4. The van der Waals surface area contributed by atoms with Gasteiger partial charge in [0.1, 0.15) is 5.82 Å². The standard InChI is InChI=1S/C15H15ClFN/c1-11(12-6-8-14(16)9-7-12)18-10-13-4-2-3-5-15(13)17/h2-9,11,18H,10H2,1H3. The highest BCUT2D eigenvalue weighted by atomic mass is 35.5. The molecule has 1 atom stereocenters. The first kappa shape index (κ1) is 13.1. The minimum absolute atomic E-state index is 0.155. The second kappa shape index (κ2) is 5.98. The molecule has 0 fully saturated rings. The van der Waals surface area contributed by atoms with Crippen molar-refractivity contribution in [3.8, 4) is 0 Å². The van der Waals surface area contributed by atoms with E-state index >= 15 is 0 Å². The summed E-state index contributed by atoms with van der Waals surface area (Å²) in [6, 6.07) is 14.6. The highest BCUT2D eigenvalue weighted by Crippen LogP contribution is 2.17. The van der Waals surface area contributed by atoms with E-state index in [4.69, 9.17) is 11.6 Å². The van der Waals surface area contributed by atoms with Crippen molar-refractivity contribution in [2.45, 2.75) is 19.5 Å². The molecule has 0 aliphatic heterocycles. The molecular formula is C15H15ClFN. The molecule has 0 aliphatic carbocycles. The summed E-state index contributed by atoms with van der Waals surface area (Å²) in [6.45, 7) is 2.56. The second-order valence-corrected chi connectivity index (χ2v) is 4.68. The van der Waals surface area contributed by atoms with Crippen LogP contribution in [0.4, 0.5) is 4.39 Å². The van der Waals surface area contributed by atoms with Crippen LogP contribution in [-0.4, -0.2) is 0 Å². The Bertz CT molecular complexity index is 510. The van der Waals surface area contributed by atoms with Crippen LogP contribution in [0, 0.1) is 5.82 Å². The molecule has 0 spiro atoms. The number of rotatable bonds is 4. The van der Waals surface area contributed by atoms with Gasteiger partial charge in [-0.3, -0.25) is 0 Å². The largest absolute Gasteiger partial charge is 0.306 e. The van der Waals surface area contributed by atoms with Gasteiger partial charge in [-0.25, -0.2) is 4.39 Å². The lowest BCUT2D eigenvalue weighted by Gasteiger charge is -2.14. The van der Waals surface area contributed by atoms with Crippen LogP contribution in [-0.2, 0) is 6.54 Å². The highest BCUT2D eigenvalue weighted by molar-refractivity contribution is 6.30. The van der Waals surface area contributed by atoms with Crippen LogP contribution in [0.2, 0.25) is 5.02 Å². The molecule has 0 saturated heterocycles. The van der Waals surface area contributed by atoms with Gasteiger partial charge in [-0.05, 0) is 30.7 Å². The molecule has 0 bridgehead atoms. The fourth-order valence-electron chi connectivity index (χ4n) is 1.77. The molecule has 2 aromatic rings. The monoisotopic (exact) mass is 263 g/mol. The van der Waals surface area contributed by atoms with Crippen molar-refractivity contribution in [1.29, 1.82) is 0 Å². The first-order valence-corrected chi connectivity index (χ1v) is 6.27. The highest BCUT2D eigenvalue weighted by Gasteiger charge is 2.06. The van der Waals surface area contributed by atoms with Crippen LogP contribution in [0.25, 0.3) is 0 Å². The summed E-state index contributed by atoms with van der Waals surface area (Å²) in [5.41, 5.74) is 1.81. The van der Waals surface area contributed by atoms with Crippen molar-refractivity contribution in [1.82, 2.24) is 5.32 Å². The quantitative estimate of drug-likeness (QED) is 0.866. The number of benzene rings is 2. The van der Waals surface area contributed by atoms with Gasteiger partial charge in [0.15, 0.2) is 0 Å². The molecule has 0 saturated carbocycles. The third kappa shape index (κ3) is 3.31. The van der Waals surface area contributed by atoms with E-state index < -0.39 is 0 Å². The molecule has 2 aromatic carbocycles. The van der Waals surface area contributed by atoms with Crippen molar-refractivity contribution in [2.75, 3.05) is 0 Å². The Morgan fingerprint density at radius 1 is 1.11 bits per heavy atom. The van der Waals surface area contributed by atoms with E-state index in [0.29, 0.717) is 12.1 Å². The lowest BCUT2D eigenvalue weighted by Crippen LogP contribution is -2.18. The number of halogens is 2. The zero-order chi connectivity index (χ0) is 13.0. The van der Waals surface area contributed by atoms with Gasteiger partial charge in [0.05, 0.1) is 0 Å². The lowest BCUT2D eigenvalue weighted by molar-refractivity contribution is 0.544. The molecular weight excluding hydrogens is 249 g/mol. The number of hydrogen-bond acceptors (Lipinski definition) is 1. The van der Waals surface area contributed by atoms with E-state index in [1.165, 1.54) is 6.07 Å². The van der Waals surface area contributed by atoms with Gasteiger partial charge in [0, 0.05) is 23.2 Å². The van der Waals surface area contributed by atoms with Crippen molar-refractivity contribution in [3.63, 3.8) is 0 Å². The van der Waals surface area contributed by atoms with Gasteiger partial charge >= 0.3 is 0 Å². The van der Waals surface area contributed by atoms with Gasteiger partial charge in [0.25, 0.3) is 0 Å². The van der Waals surface area contributed by atoms with E-state index in [1.54, 1.807) is 12.1 Å². The Balaban J connectivity index is 1.98. The average Bonchev–Trinajstić information content (AvgIpc) is 2.38. The summed E-state index contributed by atoms with van der Waals surface area (Å²) >= 11 is 5.84. The van der Waals surface area contributed by atoms with E-state index in [2.05, 4.69) is 5.32 Å². The number of nitrogens with one attached hydrogen (secondary N) is 1. The van der Waals surface area contributed by atoms with Crippen LogP contribution in [0.15, 0.2) is 48.5 Å². The molecule has 0 heterocycles. The summed E-state index contributed by atoms with van der Waals surface area (Å²) in [4.78, 5) is 0. The third-order valence-corrected chi connectivity index (χ3v) is 3.18. The van der Waals surface area contributed by atoms with Crippen molar-refractivity contribution >= 4 is 11.6 Å². The molecule has 1 N–H and O–H groups in total. The van der Waals surface area contributed by atoms with E-state index in [9.17, 15) is 4.39 Å². The Kier molecular flexibility index (Phi) is 4.34. The Morgan fingerprint density at radius 3 is 2.44 bits per heavy atom. The van der Waals surface area contributed by atoms with E-state index in [1.807, 2.05) is 37.3 Å². The van der Waals surface area contributed by atoms with Gasteiger partial charge in [-0.15, -0.1) is 0 Å². The van der Waals surface area contributed by atoms with Crippen molar-refractivity contribution < 1.29 is 4.39 Å². The normalized spacial score (nSPS) is 12.4. The molecule has 0 aromatic heterocycles. The molecule has 1 nitrogen and oxygen atoms in total. The summed E-state index contributed by atoms with van der Waals surface area (Å²) in [5.74, 6) is -0.173. The molecule has 94 valence electrons. The predicted octanol–water partition coefficient (Wildman–Crippen LogP) is 4.33. The SMILES string of the molecule is CC(NCc1ccccc1F)c1ccc(Cl)cc1. The fourth-order valence-corrected chi connectivity index (χ4v) is 1.90. The smallest absolute Gasteiger partial charge is 0.127 e. The second-order valence-electron chi connectivity index (χ2n) is 4.25. The Morgan fingerprint density at radius 2 is 1.78 bits per heavy atom. The summed E-state index contributed by atoms with van der Waals surface area (Å²) in [6.07, 6.45) is 0. The lowest BCUT2D eigenvalue weighted by atomic mass is 10.1. The average molecular weight is 264 g/mol. The molecule has 0 radical (unpaired) electrons. The van der Waals surface area contributed by atoms with Crippen LogP contribution in [0.3, 0.4) is 0 Å². The maximum absolute atomic E-state index is 13.4. The Hall–Kier alpha value is -1.38. The zero-order valence-corrected chi connectivity index (χ0v) is 10.9. The van der Waals surface area contributed by atoms with Crippen molar-refractivity contribution in [2.24, 2.45) is 0 Å². The Labute approximate surface area is 112 Å². The zero-order valence-electron chi connectivity index (χ0n) is 10.2. The van der Waals surface area contributed by atoms with Gasteiger partial charge < -0.3 is 5.32 Å². The first-order chi connectivity index (χ1) is 8.66.